The van der Waals surface area contributed by atoms with Gasteiger partial charge in [0.25, 0.3) is 0 Å². The molecule has 2 aromatic rings. The summed E-state index contributed by atoms with van der Waals surface area (Å²) in [5, 5.41) is 14.5. The number of tetrazole rings is 1. The third-order valence-corrected chi connectivity index (χ3v) is 3.86. The van der Waals surface area contributed by atoms with Gasteiger partial charge in [0.2, 0.25) is 5.82 Å². The van der Waals surface area contributed by atoms with E-state index in [-0.39, 0.29) is 0 Å². The first-order chi connectivity index (χ1) is 10.4. The molecule has 0 fully saturated rings. The average Bonchev–Trinajstić information content (AvgIpc) is 3.07. The molecule has 1 aromatic heterocycles. The van der Waals surface area contributed by atoms with Gasteiger partial charge in [-0.2, -0.15) is 5.21 Å². The lowest BCUT2D eigenvalue weighted by Crippen LogP contribution is -1.96. The van der Waals surface area contributed by atoms with Crippen LogP contribution in [-0.4, -0.2) is 20.6 Å². The van der Waals surface area contributed by atoms with Crippen molar-refractivity contribution in [3.63, 3.8) is 0 Å². The van der Waals surface area contributed by atoms with Crippen molar-refractivity contribution in [3.05, 3.63) is 47.6 Å². The third kappa shape index (κ3) is 3.10. The Labute approximate surface area is 125 Å². The fraction of sp³-hybridized carbons (Fsp3) is 0.353. The number of unbranched alkanes of at least 4 members (excludes halogenated alkanes) is 1. The van der Waals surface area contributed by atoms with E-state index in [1.807, 2.05) is 6.07 Å². The van der Waals surface area contributed by atoms with E-state index in [4.69, 9.17) is 0 Å². The lowest BCUT2D eigenvalue weighted by Gasteiger charge is -2.16. The summed E-state index contributed by atoms with van der Waals surface area (Å²) in [6.45, 7) is 2.24. The molecular weight excluding hydrogens is 260 g/mol. The Balaban J connectivity index is 1.94. The third-order valence-electron chi connectivity index (χ3n) is 3.86. The van der Waals surface area contributed by atoms with Crippen LogP contribution in [0.25, 0.3) is 17.0 Å². The Morgan fingerprint density at radius 2 is 2.05 bits per heavy atom. The minimum absolute atomic E-state index is 0.663. The van der Waals surface area contributed by atoms with Gasteiger partial charge < -0.3 is 0 Å². The van der Waals surface area contributed by atoms with E-state index in [2.05, 4.69) is 57.9 Å². The first kappa shape index (κ1) is 13.7. The zero-order chi connectivity index (χ0) is 14.5. The molecule has 3 rings (SSSR count). The maximum Gasteiger partial charge on any atom is 0.205 e. The number of rotatable bonds is 5. The maximum absolute atomic E-state index is 4.12. The minimum Gasteiger partial charge on any atom is -0.177 e. The molecule has 0 unspecified atom stereocenters. The van der Waals surface area contributed by atoms with Crippen molar-refractivity contribution in [1.29, 1.82) is 0 Å². The average molecular weight is 280 g/mol. The first-order valence-electron chi connectivity index (χ1n) is 7.61. The second-order valence-electron chi connectivity index (χ2n) is 5.37. The SMILES string of the molecule is CCCCC1=CCCC(c2ccccc2-c2nn[nH]n2)=C1. The topological polar surface area (TPSA) is 54.5 Å². The van der Waals surface area contributed by atoms with Crippen molar-refractivity contribution >= 4 is 5.57 Å². The molecule has 0 saturated carbocycles. The molecule has 0 aliphatic heterocycles. The number of nitrogens with one attached hydrogen (secondary N) is 1. The van der Waals surface area contributed by atoms with Gasteiger partial charge in [-0.25, -0.2) is 0 Å². The van der Waals surface area contributed by atoms with Gasteiger partial charge in [0.1, 0.15) is 0 Å². The quantitative estimate of drug-likeness (QED) is 0.894. The van der Waals surface area contributed by atoms with Crippen LogP contribution in [0.4, 0.5) is 0 Å². The van der Waals surface area contributed by atoms with Crippen molar-refractivity contribution in [3.8, 4) is 11.4 Å². The van der Waals surface area contributed by atoms with Gasteiger partial charge in [0.05, 0.1) is 0 Å². The van der Waals surface area contributed by atoms with Crippen LogP contribution in [0.5, 0.6) is 0 Å². The summed E-state index contributed by atoms with van der Waals surface area (Å²) in [5.74, 6) is 0.663. The number of hydrogen-bond donors (Lipinski definition) is 1. The zero-order valence-electron chi connectivity index (χ0n) is 12.3. The van der Waals surface area contributed by atoms with E-state index in [0.717, 1.165) is 18.4 Å². The number of benzene rings is 1. The summed E-state index contributed by atoms with van der Waals surface area (Å²) in [5.41, 5.74) is 5.11. The van der Waals surface area contributed by atoms with Gasteiger partial charge in [-0.3, -0.25) is 0 Å². The summed E-state index contributed by atoms with van der Waals surface area (Å²) in [7, 11) is 0. The molecule has 1 N–H and O–H groups in total. The van der Waals surface area contributed by atoms with Crippen LogP contribution in [0.1, 0.15) is 44.6 Å². The Kier molecular flexibility index (Phi) is 4.24. The van der Waals surface area contributed by atoms with Crippen LogP contribution in [0.15, 0.2) is 42.0 Å². The molecule has 0 radical (unpaired) electrons. The predicted octanol–water partition coefficient (Wildman–Crippen LogP) is 4.16. The van der Waals surface area contributed by atoms with E-state index >= 15 is 0 Å². The van der Waals surface area contributed by atoms with Crippen molar-refractivity contribution in [1.82, 2.24) is 20.6 Å². The van der Waals surface area contributed by atoms with Crippen LogP contribution in [0.2, 0.25) is 0 Å². The molecule has 1 aliphatic carbocycles. The molecule has 21 heavy (non-hydrogen) atoms. The van der Waals surface area contributed by atoms with E-state index < -0.39 is 0 Å². The van der Waals surface area contributed by atoms with Gasteiger partial charge in [0.15, 0.2) is 0 Å². The molecule has 0 saturated heterocycles. The number of aromatic nitrogens is 4. The number of allylic oxidation sites excluding steroid dienone is 4. The standard InChI is InChI=1S/C17H20N4/c1-2-3-7-13-8-6-9-14(12-13)15-10-4-5-11-16(15)17-18-20-21-19-17/h4-5,8,10-12H,2-3,6-7,9H2,1H3,(H,18,19,20,21). The highest BCUT2D eigenvalue weighted by Crippen LogP contribution is 2.33. The molecule has 0 bridgehead atoms. The monoisotopic (exact) mass is 280 g/mol. The second kappa shape index (κ2) is 6.48. The fourth-order valence-corrected chi connectivity index (χ4v) is 2.77. The normalized spacial score (nSPS) is 14.7. The summed E-state index contributed by atoms with van der Waals surface area (Å²) < 4.78 is 0. The lowest BCUT2D eigenvalue weighted by atomic mass is 9.89. The number of hydrogen-bond acceptors (Lipinski definition) is 3. The Morgan fingerprint density at radius 3 is 2.81 bits per heavy atom. The van der Waals surface area contributed by atoms with Gasteiger partial charge in [-0.15, -0.1) is 10.2 Å². The lowest BCUT2D eigenvalue weighted by molar-refractivity contribution is 0.790. The first-order valence-corrected chi connectivity index (χ1v) is 7.61. The van der Waals surface area contributed by atoms with Crippen LogP contribution in [0.3, 0.4) is 0 Å². The van der Waals surface area contributed by atoms with Crippen LogP contribution >= 0.6 is 0 Å². The highest BCUT2D eigenvalue weighted by Gasteiger charge is 2.14. The second-order valence-corrected chi connectivity index (χ2v) is 5.37. The highest BCUT2D eigenvalue weighted by atomic mass is 15.5. The van der Waals surface area contributed by atoms with Crippen molar-refractivity contribution < 1.29 is 0 Å². The van der Waals surface area contributed by atoms with E-state index in [1.165, 1.54) is 36.0 Å². The fourth-order valence-electron chi connectivity index (χ4n) is 2.77. The molecule has 0 spiro atoms. The van der Waals surface area contributed by atoms with Gasteiger partial charge in [-0.05, 0) is 42.0 Å². The Bertz CT molecular complexity index is 653. The Morgan fingerprint density at radius 1 is 1.19 bits per heavy atom. The van der Waals surface area contributed by atoms with Gasteiger partial charge in [0, 0.05) is 5.56 Å². The van der Waals surface area contributed by atoms with E-state index in [0.29, 0.717) is 5.82 Å². The maximum atomic E-state index is 4.12. The number of nitrogens with zero attached hydrogens (tertiary/aromatic N) is 3. The van der Waals surface area contributed by atoms with Crippen molar-refractivity contribution in [2.75, 3.05) is 0 Å². The van der Waals surface area contributed by atoms with Crippen molar-refractivity contribution in [2.45, 2.75) is 39.0 Å². The largest absolute Gasteiger partial charge is 0.205 e. The molecule has 1 heterocycles. The van der Waals surface area contributed by atoms with Crippen molar-refractivity contribution in [2.24, 2.45) is 0 Å². The highest BCUT2D eigenvalue weighted by molar-refractivity contribution is 5.80. The van der Waals surface area contributed by atoms with E-state index in [1.54, 1.807) is 0 Å². The Hall–Kier alpha value is -2.23. The summed E-state index contributed by atoms with van der Waals surface area (Å²) in [6.07, 6.45) is 10.6. The zero-order valence-corrected chi connectivity index (χ0v) is 12.3. The van der Waals surface area contributed by atoms with Gasteiger partial charge in [-0.1, -0.05) is 55.3 Å². The molecule has 0 atom stereocenters. The number of aromatic amines is 1. The molecule has 108 valence electrons. The smallest absolute Gasteiger partial charge is 0.177 e. The van der Waals surface area contributed by atoms with Gasteiger partial charge >= 0.3 is 0 Å². The van der Waals surface area contributed by atoms with Crippen LogP contribution in [-0.2, 0) is 0 Å². The molecule has 4 heteroatoms. The summed E-state index contributed by atoms with van der Waals surface area (Å²) in [4.78, 5) is 0. The predicted molar refractivity (Wildman–Crippen MR) is 84.4 cm³/mol. The van der Waals surface area contributed by atoms with E-state index in [9.17, 15) is 0 Å². The molecule has 1 aliphatic rings. The molecule has 4 nitrogen and oxygen atoms in total. The van der Waals surface area contributed by atoms with Crippen LogP contribution < -0.4 is 0 Å². The molecular formula is C17H20N4. The molecule has 0 amide bonds. The number of H-pyrrole nitrogens is 1. The molecule has 1 aromatic carbocycles. The van der Waals surface area contributed by atoms with Crippen LogP contribution in [0, 0.1) is 0 Å². The summed E-state index contributed by atoms with van der Waals surface area (Å²) in [6, 6.07) is 8.31. The minimum atomic E-state index is 0.663. The summed E-state index contributed by atoms with van der Waals surface area (Å²) >= 11 is 0.